The van der Waals surface area contributed by atoms with Gasteiger partial charge in [-0.3, -0.25) is 9.48 Å². The highest BCUT2D eigenvalue weighted by Crippen LogP contribution is 2.49. The van der Waals surface area contributed by atoms with Crippen molar-refractivity contribution in [2.75, 3.05) is 18.5 Å². The van der Waals surface area contributed by atoms with Crippen molar-refractivity contribution in [2.45, 2.75) is 12.1 Å². The molecule has 0 aliphatic carbocycles. The molecule has 11 heteroatoms. The van der Waals surface area contributed by atoms with Crippen LogP contribution in [0.5, 0.6) is 0 Å². The number of hydrogen-bond donors (Lipinski definition) is 1. The highest BCUT2D eigenvalue weighted by Gasteiger charge is 2.57. The molecule has 0 atom stereocenters. The fourth-order valence-electron chi connectivity index (χ4n) is 4.11. The summed E-state index contributed by atoms with van der Waals surface area (Å²) in [5, 5.41) is 8.61. The molecule has 166 valence electrons. The van der Waals surface area contributed by atoms with Crippen LogP contribution in [0.3, 0.4) is 0 Å². The van der Waals surface area contributed by atoms with E-state index in [2.05, 4.69) is 20.4 Å². The molecule has 1 aromatic carbocycles. The van der Waals surface area contributed by atoms with E-state index in [1.165, 1.54) is 11.3 Å². The van der Waals surface area contributed by atoms with Crippen LogP contribution in [-0.2, 0) is 23.9 Å². The van der Waals surface area contributed by atoms with E-state index < -0.39 is 5.54 Å². The van der Waals surface area contributed by atoms with Crippen LogP contribution in [-0.4, -0.2) is 48.8 Å². The van der Waals surface area contributed by atoms with Gasteiger partial charge in [0.25, 0.3) is 5.91 Å². The van der Waals surface area contributed by atoms with Gasteiger partial charge in [0, 0.05) is 30.9 Å². The van der Waals surface area contributed by atoms with Crippen molar-refractivity contribution in [1.29, 1.82) is 0 Å². The van der Waals surface area contributed by atoms with Crippen LogP contribution in [0.25, 0.3) is 10.7 Å². The van der Waals surface area contributed by atoms with Crippen molar-refractivity contribution in [3.8, 4) is 10.7 Å². The fourth-order valence-corrected chi connectivity index (χ4v) is 5.52. The number of fused-ring (bicyclic) bond motifs is 2. The van der Waals surface area contributed by atoms with Gasteiger partial charge >= 0.3 is 0 Å². The first-order chi connectivity index (χ1) is 16.0. The first-order valence-electron chi connectivity index (χ1n) is 10.3. The molecular weight excluding hydrogens is 462 g/mol. The number of hydrogen-bond acceptors (Lipinski definition) is 8. The first-order valence-corrected chi connectivity index (χ1v) is 11.5. The summed E-state index contributed by atoms with van der Waals surface area (Å²) in [6.45, 7) is 1.35. The van der Waals surface area contributed by atoms with E-state index in [-0.39, 0.29) is 5.91 Å². The van der Waals surface area contributed by atoms with E-state index in [0.29, 0.717) is 47.1 Å². The third-order valence-electron chi connectivity index (χ3n) is 5.86. The molecular formula is C22H18ClN7O2S. The van der Waals surface area contributed by atoms with Crippen molar-refractivity contribution in [2.24, 2.45) is 7.05 Å². The Bertz CT molecular complexity index is 1380. The molecule has 1 fully saturated rings. The predicted octanol–water partition coefficient (Wildman–Crippen LogP) is 3.61. The van der Waals surface area contributed by atoms with Crippen molar-refractivity contribution in [3.63, 3.8) is 0 Å². The number of amides is 1. The molecule has 2 aliphatic heterocycles. The number of aromatic nitrogens is 5. The van der Waals surface area contributed by atoms with Crippen LogP contribution in [0.15, 0.2) is 48.8 Å². The van der Waals surface area contributed by atoms with Gasteiger partial charge in [-0.2, -0.15) is 5.10 Å². The Morgan fingerprint density at radius 1 is 1.21 bits per heavy atom. The van der Waals surface area contributed by atoms with Gasteiger partial charge in [0.05, 0.1) is 24.3 Å². The molecule has 3 aromatic heterocycles. The van der Waals surface area contributed by atoms with Crippen LogP contribution >= 0.6 is 22.9 Å². The van der Waals surface area contributed by atoms with Gasteiger partial charge in [-0.25, -0.2) is 15.0 Å². The van der Waals surface area contributed by atoms with Crippen LogP contribution < -0.4 is 5.32 Å². The minimum Gasteiger partial charge on any atom is -0.376 e. The first kappa shape index (κ1) is 20.3. The molecule has 1 amide bonds. The maximum Gasteiger partial charge on any atom is 0.274 e. The molecule has 1 saturated heterocycles. The average Bonchev–Trinajstić information content (AvgIpc) is 3.44. The number of benzene rings is 1. The second-order valence-electron chi connectivity index (χ2n) is 7.97. The van der Waals surface area contributed by atoms with E-state index in [9.17, 15) is 4.79 Å². The van der Waals surface area contributed by atoms with Gasteiger partial charge in [-0.05, 0) is 23.8 Å². The van der Waals surface area contributed by atoms with Crippen LogP contribution in [0, 0.1) is 0 Å². The average molecular weight is 480 g/mol. The zero-order chi connectivity index (χ0) is 22.6. The number of carbonyl (C=O) groups is 1. The van der Waals surface area contributed by atoms with Gasteiger partial charge in [-0.15, -0.1) is 11.3 Å². The molecule has 0 saturated carbocycles. The molecule has 0 bridgehead atoms. The summed E-state index contributed by atoms with van der Waals surface area (Å²) in [4.78, 5) is 29.7. The van der Waals surface area contributed by atoms with E-state index >= 15 is 0 Å². The Labute approximate surface area is 198 Å². The van der Waals surface area contributed by atoms with Crippen LogP contribution in [0.2, 0.25) is 5.02 Å². The van der Waals surface area contributed by atoms with Crippen molar-refractivity contribution >= 4 is 40.6 Å². The zero-order valence-electron chi connectivity index (χ0n) is 17.5. The van der Waals surface area contributed by atoms with Crippen molar-refractivity contribution in [1.82, 2.24) is 29.6 Å². The lowest BCUT2D eigenvalue weighted by molar-refractivity contribution is -0.126. The number of anilines is 2. The summed E-state index contributed by atoms with van der Waals surface area (Å²) in [6, 6.07) is 11.2. The topological polar surface area (TPSA) is 98.1 Å². The number of nitrogens with zero attached hydrogens (tertiary/aromatic N) is 6. The number of thiazole rings is 1. The summed E-state index contributed by atoms with van der Waals surface area (Å²) >= 11 is 7.63. The number of halogens is 1. The van der Waals surface area contributed by atoms with Crippen LogP contribution in [0.1, 0.15) is 20.9 Å². The maximum absolute atomic E-state index is 13.4. The van der Waals surface area contributed by atoms with E-state index in [1.807, 2.05) is 42.3 Å². The molecule has 4 aromatic rings. The zero-order valence-corrected chi connectivity index (χ0v) is 19.1. The van der Waals surface area contributed by atoms with Gasteiger partial charge in [-0.1, -0.05) is 23.7 Å². The smallest absolute Gasteiger partial charge is 0.274 e. The molecule has 1 spiro atoms. The Kier molecular flexibility index (Phi) is 4.68. The maximum atomic E-state index is 13.4. The van der Waals surface area contributed by atoms with E-state index in [4.69, 9.17) is 21.3 Å². The summed E-state index contributed by atoms with van der Waals surface area (Å²) in [5.41, 5.74) is 1.60. The Hall–Kier alpha value is -3.34. The highest BCUT2D eigenvalue weighted by atomic mass is 35.5. The minimum atomic E-state index is -0.493. The second-order valence-corrected chi connectivity index (χ2v) is 9.41. The predicted molar refractivity (Wildman–Crippen MR) is 123 cm³/mol. The Morgan fingerprint density at radius 3 is 2.82 bits per heavy atom. The summed E-state index contributed by atoms with van der Waals surface area (Å²) in [6.07, 6.45) is 3.36. The number of aryl methyl sites for hydroxylation is 1. The molecule has 2 aliphatic rings. The largest absolute Gasteiger partial charge is 0.376 e. The molecule has 6 rings (SSSR count). The number of carbonyl (C=O) groups excluding carboxylic acids is 1. The normalized spacial score (nSPS) is 16.2. The third-order valence-corrected chi connectivity index (χ3v) is 7.37. The molecule has 33 heavy (non-hydrogen) atoms. The summed E-state index contributed by atoms with van der Waals surface area (Å²) < 4.78 is 7.27. The van der Waals surface area contributed by atoms with E-state index in [0.717, 1.165) is 16.3 Å². The molecule has 5 heterocycles. The summed E-state index contributed by atoms with van der Waals surface area (Å²) in [5.74, 6) is 1.10. The minimum absolute atomic E-state index is 0.0990. The molecule has 0 unspecified atom stereocenters. The van der Waals surface area contributed by atoms with Gasteiger partial charge in [0.15, 0.2) is 0 Å². The molecule has 9 nitrogen and oxygen atoms in total. The highest BCUT2D eigenvalue weighted by molar-refractivity contribution is 7.15. The van der Waals surface area contributed by atoms with Crippen LogP contribution in [0.4, 0.5) is 11.8 Å². The number of rotatable bonds is 5. The quantitative estimate of drug-likeness (QED) is 0.467. The lowest BCUT2D eigenvalue weighted by Crippen LogP contribution is -2.56. The monoisotopic (exact) mass is 479 g/mol. The van der Waals surface area contributed by atoms with Gasteiger partial charge < -0.3 is 15.0 Å². The van der Waals surface area contributed by atoms with Crippen molar-refractivity contribution < 1.29 is 9.53 Å². The fraction of sp³-hybridized carbons (Fsp3) is 0.227. The number of nitrogens with one attached hydrogen (secondary N) is 1. The van der Waals surface area contributed by atoms with E-state index in [1.54, 1.807) is 23.1 Å². The van der Waals surface area contributed by atoms with Gasteiger partial charge in [0.2, 0.25) is 5.95 Å². The Balaban J connectivity index is 1.32. The lowest BCUT2D eigenvalue weighted by Gasteiger charge is -2.44. The van der Waals surface area contributed by atoms with Gasteiger partial charge in [0.1, 0.15) is 27.8 Å². The lowest BCUT2D eigenvalue weighted by atomic mass is 9.95. The Morgan fingerprint density at radius 2 is 2.09 bits per heavy atom. The summed E-state index contributed by atoms with van der Waals surface area (Å²) in [7, 11) is 1.83. The SMILES string of the molecule is Cn1nccc1Nc1nccc(-c2nc3c(s2)C2(COC2)N(Cc2cccc(Cl)c2)C3=O)n1. The second kappa shape index (κ2) is 7.62. The standard InChI is InChI=1S/C22H18ClN7O2S/c1-29-16(6-8-25-29)27-21-24-7-5-15(26-21)19-28-17-18(33-19)22(11-32-12-22)30(20(17)31)10-13-3-2-4-14(23)9-13/h2-9H,10-12H2,1H3,(H,24,26,27). The number of ether oxygens (including phenoxy) is 1. The van der Waals surface area contributed by atoms with Crippen molar-refractivity contribution in [3.05, 3.63) is 69.9 Å². The third kappa shape index (κ3) is 3.29. The molecule has 1 N–H and O–H groups in total. The molecule has 0 radical (unpaired) electrons.